The number of aromatic hydroxyl groups is 1. The van der Waals surface area contributed by atoms with Crippen LogP contribution < -0.4 is 0 Å². The van der Waals surface area contributed by atoms with Crippen LogP contribution in [-0.2, 0) is 0 Å². The van der Waals surface area contributed by atoms with E-state index in [1.807, 2.05) is 0 Å². The molecule has 1 heterocycles. The summed E-state index contributed by atoms with van der Waals surface area (Å²) in [5, 5.41) is 9.33. The van der Waals surface area contributed by atoms with Crippen LogP contribution in [0.1, 0.15) is 22.3 Å². The second-order valence-corrected chi connectivity index (χ2v) is 4.33. The molecule has 1 fully saturated rings. The van der Waals surface area contributed by atoms with Gasteiger partial charge in [0.05, 0.1) is 6.54 Å². The van der Waals surface area contributed by atoms with E-state index in [1.165, 1.54) is 18.2 Å². The Morgan fingerprint density at radius 1 is 1.47 bits per heavy atom. The van der Waals surface area contributed by atoms with Gasteiger partial charge in [-0.3, -0.25) is 4.79 Å². The first-order chi connectivity index (χ1) is 7.89. The Morgan fingerprint density at radius 2 is 2.18 bits per heavy atom. The minimum atomic E-state index is -2.78. The third-order valence-electron chi connectivity index (χ3n) is 2.90. The Kier molecular flexibility index (Phi) is 2.77. The first-order valence-corrected chi connectivity index (χ1v) is 5.36. The molecule has 2 rings (SSSR count). The molecule has 0 spiro atoms. The lowest BCUT2D eigenvalue weighted by Crippen LogP contribution is -2.31. The molecule has 1 aliphatic heterocycles. The van der Waals surface area contributed by atoms with Crippen molar-refractivity contribution in [3.8, 4) is 5.75 Å². The van der Waals surface area contributed by atoms with Crippen LogP contribution in [0.5, 0.6) is 5.75 Å². The number of phenolic OH excluding ortho intramolecular Hbond substituents is 1. The number of carbonyl (C=O) groups excluding carboxylic acids is 1. The van der Waals surface area contributed by atoms with Crippen molar-refractivity contribution in [1.29, 1.82) is 0 Å². The highest BCUT2D eigenvalue weighted by Crippen LogP contribution is 2.28. The SMILES string of the molecule is Cc1cc(C(=O)N2CCC(F)(F)C2)ccc1O. The molecule has 0 aliphatic carbocycles. The standard InChI is InChI=1S/C12H13F2NO2/c1-8-6-9(2-3-10(8)16)11(17)15-5-4-12(13,14)7-15/h2-3,6,16H,4-5,7H2,1H3. The van der Waals surface area contributed by atoms with Crippen LogP contribution in [0.3, 0.4) is 0 Å². The summed E-state index contributed by atoms with van der Waals surface area (Å²) in [6, 6.07) is 4.35. The molecule has 1 N–H and O–H groups in total. The van der Waals surface area contributed by atoms with Crippen LogP contribution in [0.15, 0.2) is 18.2 Å². The Morgan fingerprint density at radius 3 is 2.71 bits per heavy atom. The average Bonchev–Trinajstić information content (AvgIpc) is 2.62. The van der Waals surface area contributed by atoms with Crippen LogP contribution in [0.4, 0.5) is 8.78 Å². The van der Waals surface area contributed by atoms with Gasteiger partial charge in [0.1, 0.15) is 5.75 Å². The van der Waals surface area contributed by atoms with E-state index in [4.69, 9.17) is 0 Å². The number of amides is 1. The number of nitrogens with zero attached hydrogens (tertiary/aromatic N) is 1. The maximum absolute atomic E-state index is 13.0. The second-order valence-electron chi connectivity index (χ2n) is 4.33. The zero-order valence-corrected chi connectivity index (χ0v) is 9.41. The maximum atomic E-state index is 13.0. The molecule has 5 heteroatoms. The molecular formula is C12H13F2NO2. The molecule has 0 aromatic heterocycles. The largest absolute Gasteiger partial charge is 0.508 e. The molecule has 1 aromatic rings. The fourth-order valence-corrected chi connectivity index (χ4v) is 1.88. The van der Waals surface area contributed by atoms with Crippen molar-refractivity contribution in [3.63, 3.8) is 0 Å². The molecule has 92 valence electrons. The van der Waals surface area contributed by atoms with Crippen LogP contribution in [0.2, 0.25) is 0 Å². The number of alkyl halides is 2. The van der Waals surface area contributed by atoms with Gasteiger partial charge in [-0.05, 0) is 30.7 Å². The third kappa shape index (κ3) is 2.38. The van der Waals surface area contributed by atoms with Gasteiger partial charge in [-0.25, -0.2) is 8.78 Å². The van der Waals surface area contributed by atoms with Crippen molar-refractivity contribution in [2.75, 3.05) is 13.1 Å². The molecule has 0 unspecified atom stereocenters. The van der Waals surface area contributed by atoms with E-state index in [0.717, 1.165) is 4.90 Å². The van der Waals surface area contributed by atoms with Crippen molar-refractivity contribution < 1.29 is 18.7 Å². The van der Waals surface area contributed by atoms with Gasteiger partial charge in [0.15, 0.2) is 0 Å². The second kappa shape index (κ2) is 3.98. The first kappa shape index (κ1) is 11.8. The van der Waals surface area contributed by atoms with E-state index < -0.39 is 18.4 Å². The van der Waals surface area contributed by atoms with Crippen molar-refractivity contribution >= 4 is 5.91 Å². The van der Waals surface area contributed by atoms with Crippen molar-refractivity contribution in [2.24, 2.45) is 0 Å². The van der Waals surface area contributed by atoms with E-state index in [9.17, 15) is 18.7 Å². The molecule has 0 saturated carbocycles. The Bertz CT molecular complexity index is 460. The summed E-state index contributed by atoms with van der Waals surface area (Å²) < 4.78 is 26.0. The number of hydrogen-bond acceptors (Lipinski definition) is 2. The predicted molar refractivity (Wildman–Crippen MR) is 58.3 cm³/mol. The number of halogens is 2. The summed E-state index contributed by atoms with van der Waals surface area (Å²) in [7, 11) is 0. The first-order valence-electron chi connectivity index (χ1n) is 5.36. The van der Waals surface area contributed by atoms with Gasteiger partial charge in [0.2, 0.25) is 0 Å². The van der Waals surface area contributed by atoms with Crippen molar-refractivity contribution in [3.05, 3.63) is 29.3 Å². The summed E-state index contributed by atoms with van der Waals surface area (Å²) in [6.45, 7) is 1.21. The molecule has 1 aliphatic rings. The van der Waals surface area contributed by atoms with Crippen LogP contribution in [0, 0.1) is 6.92 Å². The third-order valence-corrected chi connectivity index (χ3v) is 2.90. The number of hydrogen-bond donors (Lipinski definition) is 1. The lowest BCUT2D eigenvalue weighted by Gasteiger charge is -2.16. The Hall–Kier alpha value is -1.65. The zero-order chi connectivity index (χ0) is 12.6. The number of likely N-dealkylation sites (tertiary alicyclic amines) is 1. The Labute approximate surface area is 97.7 Å². The van der Waals surface area contributed by atoms with Crippen molar-refractivity contribution in [1.82, 2.24) is 4.90 Å². The van der Waals surface area contributed by atoms with Gasteiger partial charge in [0.25, 0.3) is 11.8 Å². The van der Waals surface area contributed by atoms with Crippen molar-refractivity contribution in [2.45, 2.75) is 19.3 Å². The maximum Gasteiger partial charge on any atom is 0.267 e. The predicted octanol–water partition coefficient (Wildman–Crippen LogP) is 2.18. The molecule has 3 nitrogen and oxygen atoms in total. The highest BCUT2D eigenvalue weighted by molar-refractivity contribution is 5.94. The van der Waals surface area contributed by atoms with Gasteiger partial charge in [-0.15, -0.1) is 0 Å². The number of rotatable bonds is 1. The Balaban J connectivity index is 2.18. The summed E-state index contributed by atoms with van der Waals surface area (Å²) >= 11 is 0. The van der Waals surface area contributed by atoms with E-state index in [0.29, 0.717) is 11.1 Å². The summed E-state index contributed by atoms with van der Waals surface area (Å²) in [4.78, 5) is 13.1. The molecule has 0 atom stereocenters. The van der Waals surface area contributed by atoms with Gasteiger partial charge >= 0.3 is 0 Å². The van der Waals surface area contributed by atoms with Gasteiger partial charge in [0, 0.05) is 18.5 Å². The fraction of sp³-hybridized carbons (Fsp3) is 0.417. The molecule has 1 saturated heterocycles. The number of aryl methyl sites for hydroxylation is 1. The van der Waals surface area contributed by atoms with E-state index in [2.05, 4.69) is 0 Å². The molecule has 1 amide bonds. The minimum absolute atomic E-state index is 0.0752. The van der Waals surface area contributed by atoms with E-state index >= 15 is 0 Å². The molecule has 17 heavy (non-hydrogen) atoms. The topological polar surface area (TPSA) is 40.5 Å². The van der Waals surface area contributed by atoms with Gasteiger partial charge in [-0.2, -0.15) is 0 Å². The van der Waals surface area contributed by atoms with Crippen LogP contribution in [-0.4, -0.2) is 34.9 Å². The molecule has 1 aromatic carbocycles. The molecule has 0 bridgehead atoms. The molecule has 0 radical (unpaired) electrons. The van der Waals surface area contributed by atoms with Gasteiger partial charge in [-0.1, -0.05) is 0 Å². The monoisotopic (exact) mass is 241 g/mol. The summed E-state index contributed by atoms with van der Waals surface area (Å²) in [6.07, 6.45) is -0.282. The van der Waals surface area contributed by atoms with E-state index in [1.54, 1.807) is 6.92 Å². The lowest BCUT2D eigenvalue weighted by molar-refractivity contribution is 0.0120. The average molecular weight is 241 g/mol. The number of phenols is 1. The number of carbonyl (C=O) groups is 1. The fourth-order valence-electron chi connectivity index (χ4n) is 1.88. The quantitative estimate of drug-likeness (QED) is 0.818. The minimum Gasteiger partial charge on any atom is -0.508 e. The number of benzene rings is 1. The van der Waals surface area contributed by atoms with Crippen LogP contribution in [0.25, 0.3) is 0 Å². The van der Waals surface area contributed by atoms with E-state index in [-0.39, 0.29) is 18.7 Å². The molecular weight excluding hydrogens is 228 g/mol. The zero-order valence-electron chi connectivity index (χ0n) is 9.41. The highest BCUT2D eigenvalue weighted by Gasteiger charge is 2.40. The summed E-state index contributed by atoms with van der Waals surface area (Å²) in [5.41, 5.74) is 0.889. The highest BCUT2D eigenvalue weighted by atomic mass is 19.3. The normalized spacial score (nSPS) is 18.4. The lowest BCUT2D eigenvalue weighted by atomic mass is 10.1. The smallest absolute Gasteiger partial charge is 0.267 e. The van der Waals surface area contributed by atoms with Gasteiger partial charge < -0.3 is 10.0 Å². The summed E-state index contributed by atoms with van der Waals surface area (Å²) in [5.74, 6) is -3.10. The van der Waals surface area contributed by atoms with Crippen LogP contribution >= 0.6 is 0 Å².